The molecule has 0 aliphatic carbocycles. The van der Waals surface area contributed by atoms with Crippen LogP contribution in [0.1, 0.15) is 16.1 Å². The van der Waals surface area contributed by atoms with Crippen LogP contribution in [0.4, 0.5) is 14.5 Å². The summed E-state index contributed by atoms with van der Waals surface area (Å²) >= 11 is 0. The highest BCUT2D eigenvalue weighted by Crippen LogP contribution is 2.26. The molecule has 0 unspecified atom stereocenters. The Kier molecular flexibility index (Phi) is 5.84. The minimum absolute atomic E-state index is 0.191. The van der Waals surface area contributed by atoms with Crippen LogP contribution in [0.25, 0.3) is 16.9 Å². The lowest BCUT2D eigenvalue weighted by molar-refractivity contribution is 0.0737. The molecule has 7 heteroatoms. The van der Waals surface area contributed by atoms with Crippen LogP contribution >= 0.6 is 0 Å². The molecule has 1 amide bonds. The van der Waals surface area contributed by atoms with E-state index in [0.717, 1.165) is 11.3 Å². The van der Waals surface area contributed by atoms with Crippen LogP contribution in [0.15, 0.2) is 78.9 Å². The average molecular weight is 459 g/mol. The molecular weight excluding hydrogens is 434 g/mol. The van der Waals surface area contributed by atoms with Gasteiger partial charge < -0.3 is 9.80 Å². The molecule has 2 heterocycles. The van der Waals surface area contributed by atoms with Gasteiger partial charge in [0.2, 0.25) is 0 Å². The second-order valence-corrected chi connectivity index (χ2v) is 8.37. The molecule has 5 nitrogen and oxygen atoms in total. The number of piperazine rings is 1. The number of nitrogens with zero attached hydrogens (tertiary/aromatic N) is 4. The van der Waals surface area contributed by atoms with Crippen molar-refractivity contribution >= 4 is 11.6 Å². The molecule has 5 rings (SSSR count). The molecule has 4 aromatic rings. The van der Waals surface area contributed by atoms with Crippen LogP contribution in [0.5, 0.6) is 0 Å². The van der Waals surface area contributed by atoms with Gasteiger partial charge in [0.25, 0.3) is 5.91 Å². The SMILES string of the molecule is Cc1ccc(-n2nc(-c3ccccc3F)cc2C(=O)N2CCN(c3ccccc3F)CC2)cc1. The Labute approximate surface area is 196 Å². The van der Waals surface area contributed by atoms with E-state index in [1.165, 1.54) is 12.1 Å². The average Bonchev–Trinajstić information content (AvgIpc) is 3.30. The second-order valence-electron chi connectivity index (χ2n) is 8.37. The maximum absolute atomic E-state index is 14.5. The van der Waals surface area contributed by atoms with Crippen LogP contribution in [-0.4, -0.2) is 46.8 Å². The van der Waals surface area contributed by atoms with E-state index >= 15 is 0 Å². The minimum atomic E-state index is -0.395. The molecule has 1 saturated heterocycles. The summed E-state index contributed by atoms with van der Waals surface area (Å²) in [6, 6.07) is 22.4. The number of rotatable bonds is 4. The van der Waals surface area contributed by atoms with E-state index < -0.39 is 5.82 Å². The summed E-state index contributed by atoms with van der Waals surface area (Å²) in [6.07, 6.45) is 0. The van der Waals surface area contributed by atoms with Crippen LogP contribution in [0.2, 0.25) is 0 Å². The monoisotopic (exact) mass is 458 g/mol. The van der Waals surface area contributed by atoms with E-state index in [2.05, 4.69) is 5.10 Å². The molecule has 0 atom stereocenters. The van der Waals surface area contributed by atoms with Gasteiger partial charge in [-0.1, -0.05) is 42.0 Å². The van der Waals surface area contributed by atoms with E-state index in [1.54, 1.807) is 52.0 Å². The van der Waals surface area contributed by atoms with Crippen molar-refractivity contribution in [3.63, 3.8) is 0 Å². The molecule has 0 bridgehead atoms. The van der Waals surface area contributed by atoms with Crippen LogP contribution in [0, 0.1) is 18.6 Å². The standard InChI is InChI=1S/C27H24F2N4O/c1-19-10-12-20(13-11-19)33-26(18-24(30-33)21-6-2-3-7-22(21)28)27(34)32-16-14-31(15-17-32)25-9-5-4-8-23(25)29/h2-13,18H,14-17H2,1H3. The molecule has 0 spiro atoms. The summed E-state index contributed by atoms with van der Waals surface area (Å²) in [5, 5.41) is 4.60. The van der Waals surface area contributed by atoms with Crippen molar-refractivity contribution in [3.8, 4) is 16.9 Å². The molecular formula is C27H24F2N4O. The van der Waals surface area contributed by atoms with E-state index in [0.29, 0.717) is 48.8 Å². The molecule has 172 valence electrons. The summed E-state index contributed by atoms with van der Waals surface area (Å²) in [6.45, 7) is 3.92. The maximum atomic E-state index is 14.5. The van der Waals surface area contributed by atoms with Gasteiger partial charge in [-0.05, 0) is 49.4 Å². The van der Waals surface area contributed by atoms with E-state index in [1.807, 2.05) is 36.1 Å². The topological polar surface area (TPSA) is 41.4 Å². The van der Waals surface area contributed by atoms with Gasteiger partial charge in [-0.2, -0.15) is 5.10 Å². The summed E-state index contributed by atoms with van der Waals surface area (Å²) in [5.41, 5.74) is 3.45. The molecule has 0 saturated carbocycles. The molecule has 34 heavy (non-hydrogen) atoms. The zero-order chi connectivity index (χ0) is 23.7. The van der Waals surface area contributed by atoms with Gasteiger partial charge in [-0.15, -0.1) is 0 Å². The fourth-order valence-electron chi connectivity index (χ4n) is 4.24. The highest BCUT2D eigenvalue weighted by Gasteiger charge is 2.27. The highest BCUT2D eigenvalue weighted by molar-refractivity contribution is 5.94. The fraction of sp³-hybridized carbons (Fsp3) is 0.185. The normalized spacial score (nSPS) is 13.9. The Balaban J connectivity index is 1.45. The third-order valence-electron chi connectivity index (χ3n) is 6.12. The largest absolute Gasteiger partial charge is 0.366 e. The van der Waals surface area contributed by atoms with Crippen molar-refractivity contribution in [2.75, 3.05) is 31.1 Å². The zero-order valence-corrected chi connectivity index (χ0v) is 18.8. The third kappa shape index (κ3) is 4.17. The molecule has 1 fully saturated rings. The van der Waals surface area contributed by atoms with Crippen molar-refractivity contribution < 1.29 is 13.6 Å². The minimum Gasteiger partial charge on any atom is -0.366 e. The van der Waals surface area contributed by atoms with Crippen LogP contribution < -0.4 is 4.90 Å². The second kappa shape index (κ2) is 9.09. The predicted molar refractivity (Wildman–Crippen MR) is 128 cm³/mol. The van der Waals surface area contributed by atoms with Crippen molar-refractivity contribution in [1.29, 1.82) is 0 Å². The Morgan fingerprint density at radius 2 is 1.47 bits per heavy atom. The Morgan fingerprint density at radius 1 is 0.824 bits per heavy atom. The number of hydrogen-bond acceptors (Lipinski definition) is 3. The van der Waals surface area contributed by atoms with Crippen molar-refractivity contribution in [2.45, 2.75) is 6.92 Å². The molecule has 3 aromatic carbocycles. The van der Waals surface area contributed by atoms with Gasteiger partial charge in [-0.3, -0.25) is 4.79 Å². The Hall–Kier alpha value is -4.00. The van der Waals surface area contributed by atoms with E-state index in [-0.39, 0.29) is 11.7 Å². The number of amides is 1. The number of halogens is 2. The number of aromatic nitrogens is 2. The molecule has 1 aliphatic rings. The molecule has 1 aliphatic heterocycles. The fourth-order valence-corrected chi connectivity index (χ4v) is 4.24. The summed E-state index contributed by atoms with van der Waals surface area (Å²) in [5.74, 6) is -0.855. The first-order chi connectivity index (χ1) is 16.5. The van der Waals surface area contributed by atoms with Gasteiger partial charge in [0.1, 0.15) is 17.3 Å². The summed E-state index contributed by atoms with van der Waals surface area (Å²) < 4.78 is 30.3. The predicted octanol–water partition coefficient (Wildman–Crippen LogP) is 5.09. The quantitative estimate of drug-likeness (QED) is 0.428. The molecule has 0 N–H and O–H groups in total. The van der Waals surface area contributed by atoms with Gasteiger partial charge in [-0.25, -0.2) is 13.5 Å². The Morgan fingerprint density at radius 3 is 2.15 bits per heavy atom. The first-order valence-electron chi connectivity index (χ1n) is 11.2. The molecule has 1 aromatic heterocycles. The zero-order valence-electron chi connectivity index (χ0n) is 18.8. The van der Waals surface area contributed by atoms with Crippen LogP contribution in [0.3, 0.4) is 0 Å². The lowest BCUT2D eigenvalue weighted by Crippen LogP contribution is -2.49. The van der Waals surface area contributed by atoms with Gasteiger partial charge in [0.15, 0.2) is 0 Å². The highest BCUT2D eigenvalue weighted by atomic mass is 19.1. The maximum Gasteiger partial charge on any atom is 0.272 e. The van der Waals surface area contributed by atoms with Gasteiger partial charge in [0.05, 0.1) is 17.1 Å². The van der Waals surface area contributed by atoms with Gasteiger partial charge in [0, 0.05) is 31.7 Å². The first kappa shape index (κ1) is 21.8. The van der Waals surface area contributed by atoms with Crippen molar-refractivity contribution in [2.24, 2.45) is 0 Å². The van der Waals surface area contributed by atoms with Crippen molar-refractivity contribution in [3.05, 3.63) is 102 Å². The van der Waals surface area contributed by atoms with Crippen molar-refractivity contribution in [1.82, 2.24) is 14.7 Å². The number of hydrogen-bond donors (Lipinski definition) is 0. The number of carbonyl (C=O) groups excluding carboxylic acids is 1. The van der Waals surface area contributed by atoms with E-state index in [9.17, 15) is 13.6 Å². The summed E-state index contributed by atoms with van der Waals surface area (Å²) in [7, 11) is 0. The molecule has 0 radical (unpaired) electrons. The van der Waals surface area contributed by atoms with Crippen LogP contribution in [-0.2, 0) is 0 Å². The smallest absolute Gasteiger partial charge is 0.272 e. The number of carbonyl (C=O) groups is 1. The summed E-state index contributed by atoms with van der Waals surface area (Å²) in [4.78, 5) is 17.3. The number of para-hydroxylation sites is 1. The Bertz CT molecular complexity index is 1320. The third-order valence-corrected chi connectivity index (χ3v) is 6.12. The first-order valence-corrected chi connectivity index (χ1v) is 11.2. The lowest BCUT2D eigenvalue weighted by atomic mass is 10.1. The number of aryl methyl sites for hydroxylation is 1. The number of benzene rings is 3. The lowest BCUT2D eigenvalue weighted by Gasteiger charge is -2.36. The van der Waals surface area contributed by atoms with E-state index in [4.69, 9.17) is 0 Å². The number of anilines is 1. The van der Waals surface area contributed by atoms with Gasteiger partial charge >= 0.3 is 0 Å².